The van der Waals surface area contributed by atoms with Crippen LogP contribution in [0.25, 0.3) is 0 Å². The van der Waals surface area contributed by atoms with Crippen molar-refractivity contribution in [3.63, 3.8) is 0 Å². The molecule has 4 unspecified atom stereocenters. The van der Waals surface area contributed by atoms with Crippen molar-refractivity contribution < 1.29 is 4.74 Å². The van der Waals surface area contributed by atoms with E-state index >= 15 is 0 Å². The molecule has 0 aliphatic heterocycles. The first-order valence-electron chi connectivity index (χ1n) is 21.6. The van der Waals surface area contributed by atoms with E-state index in [-0.39, 0.29) is 0 Å². The third-order valence-corrected chi connectivity index (χ3v) is 13.3. The minimum atomic E-state index is 0.290. The maximum Gasteiger partial charge on any atom is 0.0816 e. The molecule has 0 spiro atoms. The van der Waals surface area contributed by atoms with Gasteiger partial charge in [0, 0.05) is 0 Å². The first-order chi connectivity index (χ1) is 22.6. The summed E-state index contributed by atoms with van der Waals surface area (Å²) in [7, 11) is 0. The average molecular weight is 651 g/mol. The van der Waals surface area contributed by atoms with E-state index in [9.17, 15) is 0 Å². The summed E-state index contributed by atoms with van der Waals surface area (Å²) in [6, 6.07) is 0. The Morgan fingerprint density at radius 2 is 0.809 bits per heavy atom. The van der Waals surface area contributed by atoms with Crippen LogP contribution in [0.2, 0.25) is 0 Å². The SMILES string of the molecule is CC(C)CC1CCC(CCCC2CC=C(C(OC(C3=CCC(CCCC4CCC(CC(C)C)CC4)CC3)C(C)C)C(C)C)CC2)CC1. The van der Waals surface area contributed by atoms with Crippen molar-refractivity contribution in [2.75, 3.05) is 0 Å². The summed E-state index contributed by atoms with van der Waals surface area (Å²) in [6.07, 6.45) is 37.5. The van der Waals surface area contributed by atoms with Gasteiger partial charge in [-0.1, -0.05) is 157 Å². The molecule has 0 aromatic rings. The molecule has 2 fully saturated rings. The van der Waals surface area contributed by atoms with Gasteiger partial charge in [0.25, 0.3) is 0 Å². The van der Waals surface area contributed by atoms with Crippen LogP contribution in [0.1, 0.15) is 197 Å². The van der Waals surface area contributed by atoms with Crippen molar-refractivity contribution in [1.82, 2.24) is 0 Å². The number of hydrogen-bond donors (Lipinski definition) is 0. The topological polar surface area (TPSA) is 9.23 Å². The molecule has 0 saturated heterocycles. The first kappa shape index (κ1) is 39.2. The van der Waals surface area contributed by atoms with Gasteiger partial charge in [0.15, 0.2) is 0 Å². The Morgan fingerprint density at radius 3 is 1.11 bits per heavy atom. The highest BCUT2D eigenvalue weighted by Gasteiger charge is 2.31. The Morgan fingerprint density at radius 1 is 0.468 bits per heavy atom. The Bertz CT molecular complexity index is 831. The Balaban J connectivity index is 1.17. The van der Waals surface area contributed by atoms with Gasteiger partial charge in [-0.2, -0.15) is 0 Å². The van der Waals surface area contributed by atoms with Crippen LogP contribution >= 0.6 is 0 Å². The van der Waals surface area contributed by atoms with Crippen LogP contribution in [-0.4, -0.2) is 12.2 Å². The molecule has 1 nitrogen and oxygen atoms in total. The minimum Gasteiger partial charge on any atom is -0.366 e. The normalized spacial score (nSPS) is 30.6. The van der Waals surface area contributed by atoms with Gasteiger partial charge >= 0.3 is 0 Å². The molecule has 0 N–H and O–H groups in total. The molecular formula is C46H82O. The van der Waals surface area contributed by atoms with Gasteiger partial charge in [-0.3, -0.25) is 0 Å². The fraction of sp³-hybridized carbons (Fsp3) is 0.913. The van der Waals surface area contributed by atoms with E-state index in [2.05, 4.69) is 67.5 Å². The molecule has 0 bridgehead atoms. The monoisotopic (exact) mass is 651 g/mol. The molecule has 0 radical (unpaired) electrons. The Labute approximate surface area is 295 Å². The molecule has 272 valence electrons. The Kier molecular flexibility index (Phi) is 17.0. The number of ether oxygens (including phenoxy) is 1. The maximum atomic E-state index is 7.17. The van der Waals surface area contributed by atoms with Crippen LogP contribution in [0.3, 0.4) is 0 Å². The number of hydrogen-bond acceptors (Lipinski definition) is 1. The molecule has 4 aliphatic rings. The minimum absolute atomic E-state index is 0.290. The van der Waals surface area contributed by atoms with Crippen LogP contribution in [-0.2, 0) is 4.74 Å². The van der Waals surface area contributed by atoms with Crippen LogP contribution in [0.5, 0.6) is 0 Å². The zero-order chi connectivity index (χ0) is 33.8. The second kappa shape index (κ2) is 20.3. The molecule has 4 atom stereocenters. The lowest BCUT2D eigenvalue weighted by Crippen LogP contribution is -2.34. The van der Waals surface area contributed by atoms with Crippen LogP contribution < -0.4 is 0 Å². The van der Waals surface area contributed by atoms with Gasteiger partial charge in [-0.05, 0) is 122 Å². The summed E-state index contributed by atoms with van der Waals surface area (Å²) in [5.74, 6) is 8.74. The van der Waals surface area contributed by atoms with Crippen molar-refractivity contribution in [1.29, 1.82) is 0 Å². The predicted octanol–water partition coefficient (Wildman–Crippen LogP) is 14.6. The molecule has 4 rings (SSSR count). The highest BCUT2D eigenvalue weighted by atomic mass is 16.5. The largest absolute Gasteiger partial charge is 0.366 e. The average Bonchev–Trinajstić information content (AvgIpc) is 3.03. The molecule has 0 aromatic heterocycles. The van der Waals surface area contributed by atoms with Crippen molar-refractivity contribution in [3.05, 3.63) is 23.3 Å². The molecule has 0 heterocycles. The van der Waals surface area contributed by atoms with E-state index in [0.29, 0.717) is 24.0 Å². The molecule has 0 amide bonds. The fourth-order valence-electron chi connectivity index (χ4n) is 10.6. The number of allylic oxidation sites excluding steroid dienone is 2. The van der Waals surface area contributed by atoms with Crippen LogP contribution in [0.4, 0.5) is 0 Å². The summed E-state index contributed by atoms with van der Waals surface area (Å²) >= 11 is 0. The molecule has 2 saturated carbocycles. The van der Waals surface area contributed by atoms with Crippen molar-refractivity contribution >= 4 is 0 Å². The quantitative estimate of drug-likeness (QED) is 0.134. The van der Waals surface area contributed by atoms with Gasteiger partial charge < -0.3 is 4.74 Å². The second-order valence-electron chi connectivity index (χ2n) is 19.2. The lowest BCUT2D eigenvalue weighted by atomic mass is 9.76. The van der Waals surface area contributed by atoms with Gasteiger partial charge in [0.2, 0.25) is 0 Å². The standard InChI is InChI=1S/C46H82O/c1-33(2)31-41-19-15-37(16-20-41)11-9-13-39-23-27-43(28-24-39)45(35(5)6)47-46(36(7)8)44-29-25-40(26-30-44)14-10-12-38-17-21-42(22-18-38)32-34(3)4/h27,29,33-42,45-46H,9-26,28,30-32H2,1-8H3. The van der Waals surface area contributed by atoms with Crippen molar-refractivity contribution in [3.8, 4) is 0 Å². The summed E-state index contributed by atoms with van der Waals surface area (Å²) in [6.45, 7) is 19.2. The van der Waals surface area contributed by atoms with E-state index in [1.165, 1.54) is 141 Å². The summed E-state index contributed by atoms with van der Waals surface area (Å²) in [5.41, 5.74) is 3.25. The van der Waals surface area contributed by atoms with E-state index < -0.39 is 0 Å². The van der Waals surface area contributed by atoms with Gasteiger partial charge in [0.1, 0.15) is 0 Å². The van der Waals surface area contributed by atoms with Gasteiger partial charge in [-0.25, -0.2) is 0 Å². The fourth-order valence-corrected chi connectivity index (χ4v) is 10.6. The van der Waals surface area contributed by atoms with Crippen LogP contribution in [0.15, 0.2) is 23.3 Å². The molecule has 1 heteroatoms. The Hall–Kier alpha value is -0.560. The number of rotatable bonds is 18. The molecular weight excluding hydrogens is 569 g/mol. The first-order valence-corrected chi connectivity index (χ1v) is 21.6. The van der Waals surface area contributed by atoms with Gasteiger partial charge in [0.05, 0.1) is 12.2 Å². The molecule has 47 heavy (non-hydrogen) atoms. The smallest absolute Gasteiger partial charge is 0.0816 e. The summed E-state index contributed by atoms with van der Waals surface area (Å²) < 4.78 is 7.17. The second-order valence-corrected chi connectivity index (χ2v) is 19.2. The summed E-state index contributed by atoms with van der Waals surface area (Å²) in [4.78, 5) is 0. The third-order valence-electron chi connectivity index (χ3n) is 13.3. The molecule has 4 aliphatic carbocycles. The predicted molar refractivity (Wildman–Crippen MR) is 207 cm³/mol. The summed E-state index contributed by atoms with van der Waals surface area (Å²) in [5, 5.41) is 0. The highest BCUT2D eigenvalue weighted by molar-refractivity contribution is 5.17. The maximum absolute atomic E-state index is 7.17. The lowest BCUT2D eigenvalue weighted by molar-refractivity contribution is -0.0235. The van der Waals surface area contributed by atoms with Crippen molar-refractivity contribution in [2.24, 2.45) is 59.2 Å². The van der Waals surface area contributed by atoms with Gasteiger partial charge in [-0.15, -0.1) is 0 Å². The highest BCUT2D eigenvalue weighted by Crippen LogP contribution is 2.40. The van der Waals surface area contributed by atoms with E-state index in [1.807, 2.05) is 0 Å². The van der Waals surface area contributed by atoms with E-state index in [0.717, 1.165) is 47.3 Å². The zero-order valence-corrected chi connectivity index (χ0v) is 33.0. The lowest BCUT2D eigenvalue weighted by Gasteiger charge is -2.36. The van der Waals surface area contributed by atoms with E-state index in [1.54, 1.807) is 11.1 Å². The zero-order valence-electron chi connectivity index (χ0n) is 33.0. The van der Waals surface area contributed by atoms with E-state index in [4.69, 9.17) is 4.74 Å². The molecule has 0 aromatic carbocycles. The van der Waals surface area contributed by atoms with Crippen LogP contribution in [0, 0.1) is 59.2 Å². The van der Waals surface area contributed by atoms with Crippen molar-refractivity contribution in [2.45, 2.75) is 209 Å². The third kappa shape index (κ3) is 13.6.